The molecule has 0 atom stereocenters. The van der Waals surface area contributed by atoms with E-state index in [1.165, 1.54) is 6.26 Å². The molecule has 9 heteroatoms. The van der Waals surface area contributed by atoms with Crippen molar-refractivity contribution < 1.29 is 13.2 Å². The van der Waals surface area contributed by atoms with Crippen LogP contribution in [0.15, 0.2) is 41.6 Å². The van der Waals surface area contributed by atoms with E-state index in [2.05, 4.69) is 20.4 Å². The number of aldehydes is 1. The van der Waals surface area contributed by atoms with Crippen molar-refractivity contribution in [2.24, 2.45) is 11.8 Å². The van der Waals surface area contributed by atoms with Crippen LogP contribution in [0.2, 0.25) is 0 Å². The Bertz CT molecular complexity index is 1120. The van der Waals surface area contributed by atoms with Gasteiger partial charge in [0.2, 0.25) is 5.95 Å². The van der Waals surface area contributed by atoms with Gasteiger partial charge in [-0.3, -0.25) is 0 Å². The third-order valence-corrected chi connectivity index (χ3v) is 6.56. The highest BCUT2D eigenvalue weighted by molar-refractivity contribution is 7.90. The fraction of sp³-hybridized carbons (Fsp3) is 0.400. The number of carbonyl (C=O) groups is 1. The predicted octanol–water partition coefficient (Wildman–Crippen LogP) is 2.98. The van der Waals surface area contributed by atoms with E-state index in [0.717, 1.165) is 49.5 Å². The Morgan fingerprint density at radius 3 is 2.52 bits per heavy atom. The first-order valence-corrected chi connectivity index (χ1v) is 11.5. The summed E-state index contributed by atoms with van der Waals surface area (Å²) in [5.41, 5.74) is 1.46. The van der Waals surface area contributed by atoms with Crippen molar-refractivity contribution in [3.8, 4) is 0 Å². The lowest BCUT2D eigenvalue weighted by Gasteiger charge is -2.25. The van der Waals surface area contributed by atoms with Crippen molar-refractivity contribution in [2.45, 2.75) is 37.1 Å². The molecule has 2 heterocycles. The Morgan fingerprint density at radius 2 is 1.86 bits per heavy atom. The molecule has 0 spiro atoms. The summed E-state index contributed by atoms with van der Waals surface area (Å²) in [5.74, 6) is 1.12. The molecule has 0 amide bonds. The second-order valence-corrected chi connectivity index (χ2v) is 9.65. The minimum Gasteiger partial charge on any atom is -0.324 e. The molecule has 0 radical (unpaired) electrons. The maximum Gasteiger partial charge on any atom is 0.229 e. The van der Waals surface area contributed by atoms with Crippen molar-refractivity contribution in [1.82, 2.24) is 19.7 Å². The van der Waals surface area contributed by atoms with Crippen molar-refractivity contribution >= 4 is 38.8 Å². The van der Waals surface area contributed by atoms with Crippen LogP contribution in [-0.2, 0) is 21.2 Å². The lowest BCUT2D eigenvalue weighted by molar-refractivity contribution is -0.112. The second kappa shape index (κ2) is 7.90. The quantitative estimate of drug-likeness (QED) is 0.619. The normalized spacial score (nSPS) is 19.9. The Kier molecular flexibility index (Phi) is 5.31. The van der Waals surface area contributed by atoms with Crippen LogP contribution in [0.25, 0.3) is 11.0 Å². The molecule has 1 aromatic carbocycles. The van der Waals surface area contributed by atoms with Crippen LogP contribution in [-0.4, -0.2) is 40.7 Å². The van der Waals surface area contributed by atoms with Gasteiger partial charge in [-0.1, -0.05) is 0 Å². The van der Waals surface area contributed by atoms with Crippen molar-refractivity contribution in [1.29, 1.82) is 0 Å². The minimum atomic E-state index is -3.23. The number of anilines is 2. The molecule has 1 fully saturated rings. The third-order valence-electron chi connectivity index (χ3n) is 5.43. The van der Waals surface area contributed by atoms with Gasteiger partial charge >= 0.3 is 0 Å². The average molecular weight is 414 g/mol. The first-order chi connectivity index (χ1) is 13.9. The molecule has 152 valence electrons. The van der Waals surface area contributed by atoms with E-state index in [-0.39, 0.29) is 10.8 Å². The van der Waals surface area contributed by atoms with Crippen molar-refractivity contribution in [3.05, 3.63) is 36.7 Å². The molecule has 0 saturated heterocycles. The number of fused-ring (bicyclic) bond motifs is 1. The molecule has 0 bridgehead atoms. The summed E-state index contributed by atoms with van der Waals surface area (Å²) >= 11 is 0. The van der Waals surface area contributed by atoms with Crippen LogP contribution in [0.5, 0.6) is 0 Å². The van der Waals surface area contributed by atoms with Gasteiger partial charge < -0.3 is 10.1 Å². The average Bonchev–Trinajstić information content (AvgIpc) is 3.10. The van der Waals surface area contributed by atoms with E-state index in [0.29, 0.717) is 17.6 Å². The van der Waals surface area contributed by atoms with Crippen LogP contribution < -0.4 is 5.32 Å². The molecule has 1 aliphatic rings. The number of sulfone groups is 1. The SMILES string of the molecule is CS(=O)(=O)c1ccc(Nc2ncc3cnn(CC4CCC(C=O)CC4)c3n2)cc1. The van der Waals surface area contributed by atoms with Gasteiger partial charge in [0.15, 0.2) is 15.5 Å². The minimum absolute atomic E-state index is 0.202. The van der Waals surface area contributed by atoms with E-state index >= 15 is 0 Å². The van der Waals surface area contributed by atoms with E-state index < -0.39 is 9.84 Å². The highest BCUT2D eigenvalue weighted by atomic mass is 32.2. The molecule has 4 rings (SSSR count). The van der Waals surface area contributed by atoms with Crippen LogP contribution in [0.4, 0.5) is 11.6 Å². The molecule has 1 saturated carbocycles. The summed E-state index contributed by atoms with van der Waals surface area (Å²) in [6, 6.07) is 6.48. The summed E-state index contributed by atoms with van der Waals surface area (Å²) in [4.78, 5) is 20.1. The van der Waals surface area contributed by atoms with Gasteiger partial charge in [-0.25, -0.2) is 18.1 Å². The smallest absolute Gasteiger partial charge is 0.229 e. The van der Waals surface area contributed by atoms with E-state index in [9.17, 15) is 13.2 Å². The highest BCUT2D eigenvalue weighted by Gasteiger charge is 2.22. The maximum atomic E-state index is 11.6. The largest absolute Gasteiger partial charge is 0.324 e. The van der Waals surface area contributed by atoms with Gasteiger partial charge in [-0.2, -0.15) is 10.1 Å². The molecular formula is C20H23N5O3S. The van der Waals surface area contributed by atoms with Crippen molar-refractivity contribution in [3.63, 3.8) is 0 Å². The molecule has 0 unspecified atom stereocenters. The number of nitrogens with one attached hydrogen (secondary N) is 1. The molecule has 29 heavy (non-hydrogen) atoms. The van der Waals surface area contributed by atoms with Gasteiger partial charge in [0.1, 0.15) is 6.29 Å². The first-order valence-electron chi connectivity index (χ1n) is 9.63. The summed E-state index contributed by atoms with van der Waals surface area (Å²) in [5, 5.41) is 8.44. The van der Waals surface area contributed by atoms with Crippen LogP contribution in [0.3, 0.4) is 0 Å². The lowest BCUT2D eigenvalue weighted by Crippen LogP contribution is -2.20. The topological polar surface area (TPSA) is 107 Å². The Hall–Kier alpha value is -2.81. The van der Waals surface area contributed by atoms with E-state index in [1.54, 1.807) is 36.7 Å². The number of aromatic nitrogens is 4. The number of nitrogens with zero attached hydrogens (tertiary/aromatic N) is 4. The van der Waals surface area contributed by atoms with Crippen molar-refractivity contribution in [2.75, 3.05) is 11.6 Å². The summed E-state index contributed by atoms with van der Waals surface area (Å²) < 4.78 is 25.1. The maximum absolute atomic E-state index is 11.6. The highest BCUT2D eigenvalue weighted by Crippen LogP contribution is 2.29. The van der Waals surface area contributed by atoms with Crippen LogP contribution in [0, 0.1) is 11.8 Å². The fourth-order valence-electron chi connectivity index (χ4n) is 3.73. The first kappa shape index (κ1) is 19.5. The molecule has 1 aliphatic carbocycles. The number of benzene rings is 1. The molecule has 8 nitrogen and oxygen atoms in total. The Labute approximate surface area is 169 Å². The van der Waals surface area contributed by atoms with E-state index in [1.807, 2.05) is 4.68 Å². The lowest BCUT2D eigenvalue weighted by atomic mass is 9.83. The zero-order chi connectivity index (χ0) is 20.4. The monoisotopic (exact) mass is 413 g/mol. The molecule has 2 aromatic heterocycles. The third kappa shape index (κ3) is 4.45. The standard InChI is InChI=1S/C20H23N5O3S/c1-29(27,28)18-8-6-17(7-9-18)23-20-21-10-16-11-22-25(19(16)24-20)12-14-2-4-15(13-26)5-3-14/h6-11,13-15H,2-5,12H2,1H3,(H,21,23,24). The van der Waals surface area contributed by atoms with Crippen LogP contribution in [0.1, 0.15) is 25.7 Å². The number of hydrogen-bond donors (Lipinski definition) is 1. The second-order valence-electron chi connectivity index (χ2n) is 7.64. The molecule has 0 aliphatic heterocycles. The number of carbonyl (C=O) groups excluding carboxylic acids is 1. The van der Waals surface area contributed by atoms with Gasteiger partial charge in [0.25, 0.3) is 0 Å². The van der Waals surface area contributed by atoms with Crippen LogP contribution >= 0.6 is 0 Å². The summed E-state index contributed by atoms with van der Waals surface area (Å²) in [6.07, 6.45) is 9.67. The fourth-order valence-corrected chi connectivity index (χ4v) is 4.36. The zero-order valence-corrected chi connectivity index (χ0v) is 17.0. The van der Waals surface area contributed by atoms with Gasteiger partial charge in [-0.15, -0.1) is 0 Å². The Morgan fingerprint density at radius 1 is 1.14 bits per heavy atom. The summed E-state index contributed by atoms with van der Waals surface area (Å²) in [7, 11) is -3.23. The van der Waals surface area contributed by atoms with Gasteiger partial charge in [0, 0.05) is 30.6 Å². The predicted molar refractivity (Wildman–Crippen MR) is 110 cm³/mol. The summed E-state index contributed by atoms with van der Waals surface area (Å²) in [6.45, 7) is 0.772. The van der Waals surface area contributed by atoms with Gasteiger partial charge in [0.05, 0.1) is 16.5 Å². The Balaban J connectivity index is 1.50. The van der Waals surface area contributed by atoms with E-state index in [4.69, 9.17) is 0 Å². The molecular weight excluding hydrogens is 390 g/mol. The zero-order valence-electron chi connectivity index (χ0n) is 16.2. The number of rotatable bonds is 6. The van der Waals surface area contributed by atoms with Gasteiger partial charge in [-0.05, 0) is 55.9 Å². The molecule has 1 N–H and O–H groups in total. The number of hydrogen-bond acceptors (Lipinski definition) is 7. The molecule has 3 aromatic rings.